The molecule has 0 spiro atoms. The number of benzene rings is 1. The molecule has 34 heavy (non-hydrogen) atoms. The van der Waals surface area contributed by atoms with Gasteiger partial charge < -0.3 is 64.2 Å². The van der Waals surface area contributed by atoms with E-state index in [4.69, 9.17) is 28.4 Å². The third kappa shape index (κ3) is 5.78. The van der Waals surface area contributed by atoms with E-state index in [1.807, 2.05) is 0 Å². The number of hydrogen-bond donors (Lipinski definition) is 7. The summed E-state index contributed by atoms with van der Waals surface area (Å²) in [6.45, 7) is -1.15. The van der Waals surface area contributed by atoms with Crippen LogP contribution in [-0.4, -0.2) is 125 Å². The van der Waals surface area contributed by atoms with Gasteiger partial charge in [0.2, 0.25) is 0 Å². The molecule has 3 rings (SSSR count). The van der Waals surface area contributed by atoms with Gasteiger partial charge in [-0.3, -0.25) is 0 Å². The van der Waals surface area contributed by atoms with Gasteiger partial charge in [-0.2, -0.15) is 0 Å². The van der Waals surface area contributed by atoms with Crippen molar-refractivity contribution in [3.05, 3.63) is 23.8 Å². The molecular formula is C21H32O13. The summed E-state index contributed by atoms with van der Waals surface area (Å²) in [7, 11) is 2.98. The molecule has 1 aromatic rings. The normalized spacial score (nSPS) is 38.5. The van der Waals surface area contributed by atoms with Crippen LogP contribution in [0.25, 0.3) is 0 Å². The zero-order valence-electron chi connectivity index (χ0n) is 18.7. The fraction of sp³-hybridized carbons (Fsp3) is 0.714. The first-order valence-corrected chi connectivity index (χ1v) is 10.7. The number of aliphatic hydroxyl groups excluding tert-OH is 7. The zero-order chi connectivity index (χ0) is 25.0. The minimum Gasteiger partial charge on any atom is -0.497 e. The fourth-order valence-corrected chi connectivity index (χ4v) is 3.73. The van der Waals surface area contributed by atoms with Crippen molar-refractivity contribution < 1.29 is 64.2 Å². The Bertz CT molecular complexity index is 777. The maximum Gasteiger partial charge on any atom is 0.187 e. The third-order valence-electron chi connectivity index (χ3n) is 5.84. The Balaban J connectivity index is 1.62. The van der Waals surface area contributed by atoms with Gasteiger partial charge in [-0.25, -0.2) is 0 Å². The molecule has 2 saturated heterocycles. The Kier molecular flexibility index (Phi) is 9.42. The standard InChI is InChI=1S/C21H32O13/c1-29-10-4-3-9(11(5-10)30-2)7-31-20-19(28)17(26)15(24)13(34-20)8-32-21-18(27)16(25)14(23)12(6-22)33-21/h3-5,12-28H,6-8H2,1-2H3. The minimum absolute atomic E-state index is 0.0714. The molecule has 2 aliphatic rings. The van der Waals surface area contributed by atoms with Crippen molar-refractivity contribution in [1.29, 1.82) is 0 Å². The molecule has 10 atom stereocenters. The lowest BCUT2D eigenvalue weighted by atomic mass is 9.98. The average Bonchev–Trinajstić information content (AvgIpc) is 2.85. The van der Waals surface area contributed by atoms with E-state index in [1.54, 1.807) is 18.2 Å². The highest BCUT2D eigenvalue weighted by Gasteiger charge is 2.47. The summed E-state index contributed by atoms with van der Waals surface area (Å²) in [5, 5.41) is 69.9. The average molecular weight is 492 g/mol. The zero-order valence-corrected chi connectivity index (χ0v) is 18.7. The number of rotatable bonds is 9. The Labute approximate surface area is 195 Å². The van der Waals surface area contributed by atoms with Crippen molar-refractivity contribution in [3.8, 4) is 11.5 Å². The topological polar surface area (TPSA) is 197 Å². The quantitative estimate of drug-likeness (QED) is 0.183. The smallest absolute Gasteiger partial charge is 0.187 e. The van der Waals surface area contributed by atoms with Crippen molar-refractivity contribution in [2.45, 2.75) is 68.0 Å². The van der Waals surface area contributed by atoms with Crippen LogP contribution in [0.4, 0.5) is 0 Å². The van der Waals surface area contributed by atoms with Crippen molar-refractivity contribution in [1.82, 2.24) is 0 Å². The molecule has 0 saturated carbocycles. The third-order valence-corrected chi connectivity index (χ3v) is 5.84. The van der Waals surface area contributed by atoms with Crippen molar-refractivity contribution in [2.24, 2.45) is 0 Å². The van der Waals surface area contributed by atoms with E-state index >= 15 is 0 Å². The Hall–Kier alpha value is -1.62. The number of ether oxygens (including phenoxy) is 6. The van der Waals surface area contributed by atoms with Gasteiger partial charge >= 0.3 is 0 Å². The Morgan fingerprint density at radius 3 is 1.91 bits per heavy atom. The van der Waals surface area contributed by atoms with Crippen LogP contribution in [0.2, 0.25) is 0 Å². The van der Waals surface area contributed by atoms with E-state index in [9.17, 15) is 35.7 Å². The predicted octanol–water partition coefficient (Wildman–Crippen LogP) is -3.16. The highest BCUT2D eigenvalue weighted by Crippen LogP contribution is 2.29. The molecule has 0 aromatic heterocycles. The van der Waals surface area contributed by atoms with Gasteiger partial charge in [0.1, 0.15) is 60.3 Å². The van der Waals surface area contributed by atoms with Gasteiger partial charge in [0.15, 0.2) is 12.6 Å². The van der Waals surface area contributed by atoms with Crippen LogP contribution in [0.3, 0.4) is 0 Å². The number of methoxy groups -OCH3 is 2. The molecule has 194 valence electrons. The summed E-state index contributed by atoms with van der Waals surface area (Å²) in [5.74, 6) is 1.03. The van der Waals surface area contributed by atoms with Gasteiger partial charge in [-0.15, -0.1) is 0 Å². The second-order valence-electron chi connectivity index (χ2n) is 8.03. The highest BCUT2D eigenvalue weighted by atomic mass is 16.7. The predicted molar refractivity (Wildman–Crippen MR) is 111 cm³/mol. The van der Waals surface area contributed by atoms with E-state index in [-0.39, 0.29) is 6.61 Å². The van der Waals surface area contributed by atoms with Crippen LogP contribution < -0.4 is 9.47 Å². The van der Waals surface area contributed by atoms with E-state index in [0.717, 1.165) is 0 Å². The van der Waals surface area contributed by atoms with Gasteiger partial charge in [-0.1, -0.05) is 0 Å². The molecule has 13 heteroatoms. The van der Waals surface area contributed by atoms with Crippen LogP contribution in [-0.2, 0) is 25.6 Å². The lowest BCUT2D eigenvalue weighted by Crippen LogP contribution is -2.61. The number of hydrogen-bond acceptors (Lipinski definition) is 13. The number of aliphatic hydroxyl groups is 7. The molecule has 7 N–H and O–H groups in total. The van der Waals surface area contributed by atoms with Crippen molar-refractivity contribution >= 4 is 0 Å². The molecule has 1 aromatic carbocycles. The van der Waals surface area contributed by atoms with Crippen LogP contribution in [0, 0.1) is 0 Å². The summed E-state index contributed by atoms with van der Waals surface area (Å²) < 4.78 is 32.3. The van der Waals surface area contributed by atoms with Crippen LogP contribution in [0.5, 0.6) is 11.5 Å². The molecule has 0 bridgehead atoms. The summed E-state index contributed by atoms with van der Waals surface area (Å²) in [6, 6.07) is 5.03. The molecule has 2 aliphatic heterocycles. The van der Waals surface area contributed by atoms with Gasteiger partial charge in [0.25, 0.3) is 0 Å². The fourth-order valence-electron chi connectivity index (χ4n) is 3.73. The van der Waals surface area contributed by atoms with Crippen LogP contribution in [0.1, 0.15) is 5.56 Å². The molecule has 13 nitrogen and oxygen atoms in total. The monoisotopic (exact) mass is 492 g/mol. The maximum absolute atomic E-state index is 10.3. The maximum atomic E-state index is 10.3. The molecule has 0 radical (unpaired) electrons. The van der Waals surface area contributed by atoms with Crippen LogP contribution >= 0.6 is 0 Å². The summed E-state index contributed by atoms with van der Waals surface area (Å²) in [4.78, 5) is 0. The van der Waals surface area contributed by atoms with Gasteiger partial charge in [0.05, 0.1) is 34.0 Å². The first-order valence-electron chi connectivity index (χ1n) is 10.7. The van der Waals surface area contributed by atoms with E-state index in [0.29, 0.717) is 17.1 Å². The molecular weight excluding hydrogens is 460 g/mol. The van der Waals surface area contributed by atoms with E-state index < -0.39 is 74.6 Å². The first kappa shape index (κ1) is 27.0. The first-order chi connectivity index (χ1) is 16.2. The summed E-state index contributed by atoms with van der Waals surface area (Å²) in [6.07, 6.45) is -14.8. The molecule has 2 heterocycles. The second-order valence-corrected chi connectivity index (χ2v) is 8.03. The van der Waals surface area contributed by atoms with Crippen molar-refractivity contribution in [2.75, 3.05) is 27.4 Å². The van der Waals surface area contributed by atoms with Crippen LogP contribution in [0.15, 0.2) is 18.2 Å². The Morgan fingerprint density at radius 1 is 0.735 bits per heavy atom. The Morgan fingerprint density at radius 2 is 1.32 bits per heavy atom. The van der Waals surface area contributed by atoms with Gasteiger partial charge in [-0.05, 0) is 12.1 Å². The summed E-state index contributed by atoms with van der Waals surface area (Å²) >= 11 is 0. The SMILES string of the molecule is COc1ccc(COC2OC(COC3OC(CO)C(O)C(O)C3O)C(O)C(O)C2O)c(OC)c1. The highest BCUT2D eigenvalue weighted by molar-refractivity contribution is 5.40. The second kappa shape index (κ2) is 11.9. The molecule has 2 fully saturated rings. The molecule has 0 aliphatic carbocycles. The molecule has 10 unspecified atom stereocenters. The van der Waals surface area contributed by atoms with E-state index in [1.165, 1.54) is 14.2 Å². The molecule has 0 amide bonds. The summed E-state index contributed by atoms with van der Waals surface area (Å²) in [5.41, 5.74) is 0.605. The largest absolute Gasteiger partial charge is 0.497 e. The minimum atomic E-state index is -1.65. The lowest BCUT2D eigenvalue weighted by molar-refractivity contribution is -0.332. The van der Waals surface area contributed by atoms with E-state index in [2.05, 4.69) is 0 Å². The lowest BCUT2D eigenvalue weighted by Gasteiger charge is -2.42. The van der Waals surface area contributed by atoms with Gasteiger partial charge in [0, 0.05) is 11.6 Å². The van der Waals surface area contributed by atoms with Crippen molar-refractivity contribution in [3.63, 3.8) is 0 Å².